The van der Waals surface area contributed by atoms with Gasteiger partial charge in [-0.3, -0.25) is 8.98 Å². The van der Waals surface area contributed by atoms with Gasteiger partial charge in [-0.25, -0.2) is 15.1 Å². The largest absolute Gasteiger partial charge is 0.493 e. The van der Waals surface area contributed by atoms with Gasteiger partial charge in [0.2, 0.25) is 5.78 Å². The molecule has 1 aliphatic carbocycles. The molecule has 3 atom stereocenters. The molecule has 2 aromatic heterocycles. The van der Waals surface area contributed by atoms with Crippen molar-refractivity contribution < 1.29 is 32.0 Å². The number of ketones is 1. The van der Waals surface area contributed by atoms with Crippen LogP contribution in [0.5, 0.6) is 11.5 Å². The average Bonchev–Trinajstić information content (AvgIpc) is 3.47. The number of ether oxygens (including phenoxy) is 2. The molecule has 11 nitrogen and oxygen atoms in total. The first-order valence-corrected chi connectivity index (χ1v) is 13.4. The number of carbonyl (C=O) groups excluding carboxylic acids is 1. The highest BCUT2D eigenvalue weighted by Gasteiger charge is 2.34. The number of para-hydroxylation sites is 2. The van der Waals surface area contributed by atoms with Gasteiger partial charge in [-0.15, -0.1) is 11.3 Å². The molecule has 0 saturated heterocycles. The first-order valence-electron chi connectivity index (χ1n) is 11.0. The number of aromatic nitrogens is 2. The zero-order chi connectivity index (χ0) is 25.7. The Morgan fingerprint density at radius 3 is 2.81 bits per heavy atom. The van der Waals surface area contributed by atoms with Gasteiger partial charge in [0.1, 0.15) is 18.8 Å². The van der Waals surface area contributed by atoms with E-state index < -0.39 is 22.3 Å². The predicted octanol–water partition coefficient (Wildman–Crippen LogP) is 2.13. The third-order valence-corrected chi connectivity index (χ3v) is 7.18. The number of nitrogens with zero attached hydrogens (tertiary/aromatic N) is 2. The van der Waals surface area contributed by atoms with Crippen LogP contribution in [-0.4, -0.2) is 55.1 Å². The highest BCUT2D eigenvalue weighted by Crippen LogP contribution is 2.31. The van der Waals surface area contributed by atoms with Gasteiger partial charge < -0.3 is 19.9 Å². The molecule has 4 rings (SSSR count). The lowest BCUT2D eigenvalue weighted by atomic mass is 10.1. The van der Waals surface area contributed by atoms with Gasteiger partial charge in [0.25, 0.3) is 0 Å². The number of carbonyl (C=O) groups is 1. The van der Waals surface area contributed by atoms with Crippen LogP contribution in [0.25, 0.3) is 0 Å². The van der Waals surface area contributed by atoms with Crippen LogP contribution < -0.4 is 19.9 Å². The molecule has 13 heteroatoms. The summed E-state index contributed by atoms with van der Waals surface area (Å²) in [7, 11) is -2.52. The molecule has 0 amide bonds. The van der Waals surface area contributed by atoms with Crippen LogP contribution in [0.3, 0.4) is 0 Å². The normalized spacial score (nSPS) is 19.7. The van der Waals surface area contributed by atoms with E-state index in [1.54, 1.807) is 19.2 Å². The van der Waals surface area contributed by atoms with E-state index in [4.69, 9.17) is 14.6 Å². The molecule has 1 aliphatic rings. The van der Waals surface area contributed by atoms with Crippen molar-refractivity contribution in [1.29, 1.82) is 0 Å². The summed E-state index contributed by atoms with van der Waals surface area (Å²) in [6.45, 7) is 0.0468. The fourth-order valence-corrected chi connectivity index (χ4v) is 5.20. The van der Waals surface area contributed by atoms with Gasteiger partial charge in [-0.2, -0.15) is 8.42 Å². The zero-order valence-corrected chi connectivity index (χ0v) is 21.0. The maximum absolute atomic E-state index is 13.3. The minimum Gasteiger partial charge on any atom is -0.493 e. The van der Waals surface area contributed by atoms with E-state index >= 15 is 0 Å². The molecule has 192 valence electrons. The molecule has 2 heterocycles. The standard InChI is InChI=1S/C23H26N4O7S2/c1-32-19-4-2-3-5-20(19)33-10-14-6-21(35-12-14)22(29)17-9-25-13-26-23(17)27-16-7-15(18(28)8-16)11-34-36(24,30)31/h2-6,9,12-13,15-16,18,28H,7-8,10-11H2,1H3,(H2,24,30,31)(H,25,26,27)/t15?,16-,18+/m1/s1. The number of nitrogens with two attached hydrogens (primary N) is 1. The number of methoxy groups -OCH3 is 1. The second kappa shape index (κ2) is 11.3. The first kappa shape index (κ1) is 26.0. The van der Waals surface area contributed by atoms with Crippen LogP contribution in [0.2, 0.25) is 0 Å². The monoisotopic (exact) mass is 534 g/mol. The number of hydrogen-bond donors (Lipinski definition) is 3. The van der Waals surface area contributed by atoms with Gasteiger partial charge in [-0.1, -0.05) is 12.1 Å². The van der Waals surface area contributed by atoms with Crippen molar-refractivity contribution in [3.63, 3.8) is 0 Å². The fourth-order valence-electron chi connectivity index (χ4n) is 3.99. The number of aliphatic hydroxyl groups is 1. The third-order valence-electron chi connectivity index (χ3n) is 5.74. The van der Waals surface area contributed by atoms with Gasteiger partial charge >= 0.3 is 10.3 Å². The summed E-state index contributed by atoms with van der Waals surface area (Å²) < 4.78 is 37.9. The lowest BCUT2D eigenvalue weighted by Crippen LogP contribution is -2.24. The molecule has 0 radical (unpaired) electrons. The smallest absolute Gasteiger partial charge is 0.333 e. The number of thiophene rings is 1. The Balaban J connectivity index is 1.41. The summed E-state index contributed by atoms with van der Waals surface area (Å²) in [6.07, 6.45) is 2.73. The average molecular weight is 535 g/mol. The van der Waals surface area contributed by atoms with E-state index in [1.807, 2.05) is 23.6 Å². The van der Waals surface area contributed by atoms with E-state index in [-0.39, 0.29) is 30.6 Å². The van der Waals surface area contributed by atoms with Gasteiger partial charge in [0.15, 0.2) is 11.5 Å². The topological polar surface area (TPSA) is 163 Å². The molecule has 1 unspecified atom stereocenters. The second-order valence-corrected chi connectivity index (χ2v) is 10.4. The highest BCUT2D eigenvalue weighted by molar-refractivity contribution is 7.84. The third kappa shape index (κ3) is 6.56. The van der Waals surface area contributed by atoms with Crippen molar-refractivity contribution in [3.05, 3.63) is 64.2 Å². The van der Waals surface area contributed by atoms with Crippen molar-refractivity contribution >= 4 is 33.2 Å². The predicted molar refractivity (Wildman–Crippen MR) is 132 cm³/mol. The van der Waals surface area contributed by atoms with E-state index in [0.29, 0.717) is 35.0 Å². The minimum atomic E-state index is -4.09. The Bertz CT molecular complexity index is 1320. The summed E-state index contributed by atoms with van der Waals surface area (Å²) in [5.74, 6) is 0.884. The molecule has 1 fully saturated rings. The quantitative estimate of drug-likeness (QED) is 0.311. The molecular formula is C23H26N4O7S2. The zero-order valence-electron chi connectivity index (χ0n) is 19.4. The second-order valence-electron chi connectivity index (χ2n) is 8.29. The van der Waals surface area contributed by atoms with Gasteiger partial charge in [-0.05, 0) is 36.4 Å². The molecule has 1 saturated carbocycles. The Morgan fingerprint density at radius 1 is 1.28 bits per heavy atom. The molecule has 0 aliphatic heterocycles. The van der Waals surface area contributed by atoms with Crippen molar-refractivity contribution in [1.82, 2.24) is 9.97 Å². The van der Waals surface area contributed by atoms with Crippen LogP contribution in [0.15, 0.2) is 48.2 Å². The van der Waals surface area contributed by atoms with Crippen molar-refractivity contribution in [3.8, 4) is 11.5 Å². The van der Waals surface area contributed by atoms with Crippen molar-refractivity contribution in [2.45, 2.75) is 31.6 Å². The summed E-state index contributed by atoms with van der Waals surface area (Å²) in [4.78, 5) is 22.0. The van der Waals surface area contributed by atoms with Crippen LogP contribution in [0.4, 0.5) is 5.82 Å². The van der Waals surface area contributed by atoms with Crippen molar-refractivity contribution in [2.75, 3.05) is 19.0 Å². The first-order chi connectivity index (χ1) is 17.2. The number of benzene rings is 1. The van der Waals surface area contributed by atoms with Crippen molar-refractivity contribution in [2.24, 2.45) is 11.1 Å². The molecule has 3 aromatic rings. The number of anilines is 1. The van der Waals surface area contributed by atoms with Gasteiger partial charge in [0, 0.05) is 23.7 Å². The lowest BCUT2D eigenvalue weighted by molar-refractivity contribution is 0.101. The van der Waals surface area contributed by atoms with Crippen LogP contribution in [0, 0.1) is 5.92 Å². The maximum Gasteiger partial charge on any atom is 0.333 e. The summed E-state index contributed by atoms with van der Waals surface area (Å²) >= 11 is 1.29. The van der Waals surface area contributed by atoms with E-state index in [2.05, 4.69) is 19.5 Å². The Kier molecular flexibility index (Phi) is 8.16. The Labute approximate surface area is 212 Å². The summed E-state index contributed by atoms with van der Waals surface area (Å²) in [6, 6.07) is 8.83. The molecule has 1 aromatic carbocycles. The maximum atomic E-state index is 13.3. The highest BCUT2D eigenvalue weighted by atomic mass is 32.2. The van der Waals surface area contributed by atoms with Crippen LogP contribution >= 0.6 is 11.3 Å². The molecule has 0 spiro atoms. The summed E-state index contributed by atoms with van der Waals surface area (Å²) in [5, 5.41) is 20.2. The minimum absolute atomic E-state index is 0.220. The molecule has 36 heavy (non-hydrogen) atoms. The van der Waals surface area contributed by atoms with Crippen LogP contribution in [0.1, 0.15) is 33.6 Å². The Hall–Kier alpha value is -3.10. The van der Waals surface area contributed by atoms with E-state index in [0.717, 1.165) is 5.56 Å². The molecule has 4 N–H and O–H groups in total. The molecular weight excluding hydrogens is 508 g/mol. The fraction of sp³-hybridized carbons (Fsp3) is 0.348. The summed E-state index contributed by atoms with van der Waals surface area (Å²) in [5.41, 5.74) is 1.12. The molecule has 0 bridgehead atoms. The van der Waals surface area contributed by atoms with Crippen LogP contribution in [-0.2, 0) is 21.1 Å². The Morgan fingerprint density at radius 2 is 2.06 bits per heavy atom. The van der Waals surface area contributed by atoms with E-state index in [1.165, 1.54) is 23.9 Å². The number of aliphatic hydroxyl groups excluding tert-OH is 1. The number of nitrogens with one attached hydrogen (secondary N) is 1. The van der Waals surface area contributed by atoms with E-state index in [9.17, 15) is 18.3 Å². The van der Waals surface area contributed by atoms with Gasteiger partial charge in [0.05, 0.1) is 30.3 Å². The SMILES string of the molecule is COc1ccccc1OCc1csc(C(=O)c2cncnc2N[C@@H]2CC(COS(N)(=O)=O)[C@@H](O)C2)c1. The lowest BCUT2D eigenvalue weighted by Gasteiger charge is -2.15. The number of rotatable bonds is 11. The number of hydrogen-bond acceptors (Lipinski definition) is 11.